The normalized spacial score (nSPS) is 33.4. The molecule has 5 heteroatoms. The molecule has 0 aliphatic heterocycles. The lowest BCUT2D eigenvalue weighted by molar-refractivity contribution is 0.356. The minimum absolute atomic E-state index is 0.241. The van der Waals surface area contributed by atoms with Crippen molar-refractivity contribution in [1.29, 1.82) is 0 Å². The molecule has 0 amide bonds. The Hall–Kier alpha value is -0.770. The second kappa shape index (κ2) is 4.11. The number of benzene rings is 1. The summed E-state index contributed by atoms with van der Waals surface area (Å²) in [5.74, 6) is 2.73. The summed E-state index contributed by atoms with van der Waals surface area (Å²) in [6.45, 7) is 0. The molecule has 4 unspecified atom stereocenters. The quantitative estimate of drug-likeness (QED) is 0.843. The zero-order valence-electron chi connectivity index (χ0n) is 10.4. The molecule has 0 saturated heterocycles. The molecule has 0 radical (unpaired) electrons. The van der Waals surface area contributed by atoms with Crippen molar-refractivity contribution < 1.29 is 0 Å². The van der Waals surface area contributed by atoms with Crippen LogP contribution in [0, 0.1) is 11.8 Å². The fourth-order valence-corrected chi connectivity index (χ4v) is 4.25. The number of fused-ring (bicyclic) bond motifs is 3. The maximum atomic E-state index is 6.37. The van der Waals surface area contributed by atoms with Gasteiger partial charge in [0, 0.05) is 12.0 Å². The molecule has 1 aromatic carbocycles. The molecule has 2 aromatic rings. The Morgan fingerprint density at radius 2 is 1.89 bits per heavy atom. The first-order valence-electron chi connectivity index (χ1n) is 6.73. The highest BCUT2D eigenvalue weighted by molar-refractivity contribution is 6.42. The van der Waals surface area contributed by atoms with Crippen molar-refractivity contribution in [2.45, 2.75) is 31.2 Å². The lowest BCUT2D eigenvalue weighted by atomic mass is 9.84. The van der Waals surface area contributed by atoms with Crippen LogP contribution in [0.2, 0.25) is 10.0 Å². The molecule has 100 valence electrons. The number of nitrogens with one attached hydrogen (secondary N) is 1. The van der Waals surface area contributed by atoms with E-state index in [1.165, 1.54) is 19.3 Å². The summed E-state index contributed by atoms with van der Waals surface area (Å²) in [6.07, 6.45) is 3.81. The minimum Gasteiger partial charge on any atom is -0.342 e. The van der Waals surface area contributed by atoms with Crippen LogP contribution >= 0.6 is 23.2 Å². The third-order valence-corrected chi connectivity index (χ3v) is 5.56. The zero-order valence-corrected chi connectivity index (χ0v) is 11.9. The Balaban J connectivity index is 1.79. The minimum atomic E-state index is 0.241. The van der Waals surface area contributed by atoms with Crippen LogP contribution in [0.15, 0.2) is 12.1 Å². The summed E-state index contributed by atoms with van der Waals surface area (Å²) in [5, 5.41) is 1.10. The molecule has 2 fully saturated rings. The first-order chi connectivity index (χ1) is 9.13. The number of halogens is 2. The Bertz CT molecular complexity index is 610. The van der Waals surface area contributed by atoms with Crippen molar-refractivity contribution in [2.24, 2.45) is 17.6 Å². The van der Waals surface area contributed by atoms with Gasteiger partial charge < -0.3 is 10.7 Å². The van der Waals surface area contributed by atoms with Gasteiger partial charge in [0.1, 0.15) is 5.82 Å². The van der Waals surface area contributed by atoms with E-state index in [0.29, 0.717) is 27.8 Å². The second-order valence-electron chi connectivity index (χ2n) is 5.84. The highest BCUT2D eigenvalue weighted by atomic mass is 35.5. The Labute approximate surface area is 121 Å². The van der Waals surface area contributed by atoms with Crippen LogP contribution in [0.5, 0.6) is 0 Å². The van der Waals surface area contributed by atoms with Crippen molar-refractivity contribution in [2.75, 3.05) is 0 Å². The predicted molar refractivity (Wildman–Crippen MR) is 77.7 cm³/mol. The smallest absolute Gasteiger partial charge is 0.112 e. The van der Waals surface area contributed by atoms with Crippen molar-refractivity contribution in [1.82, 2.24) is 9.97 Å². The van der Waals surface area contributed by atoms with Crippen LogP contribution < -0.4 is 5.73 Å². The fourth-order valence-electron chi connectivity index (χ4n) is 3.92. The molecule has 1 heterocycles. The Morgan fingerprint density at radius 3 is 2.63 bits per heavy atom. The van der Waals surface area contributed by atoms with Gasteiger partial charge in [0.25, 0.3) is 0 Å². The molecule has 0 spiro atoms. The molecule has 2 bridgehead atoms. The lowest BCUT2D eigenvalue weighted by Gasteiger charge is -2.26. The molecule has 2 aliphatic rings. The van der Waals surface area contributed by atoms with E-state index in [1.54, 1.807) is 0 Å². The first kappa shape index (κ1) is 12.0. The number of hydrogen-bond donors (Lipinski definition) is 2. The molecule has 1 aromatic heterocycles. The largest absolute Gasteiger partial charge is 0.342 e. The van der Waals surface area contributed by atoms with E-state index in [-0.39, 0.29) is 6.04 Å². The third-order valence-electron chi connectivity index (χ3n) is 4.84. The Morgan fingerprint density at radius 1 is 1.16 bits per heavy atom. The Kier molecular flexibility index (Phi) is 2.60. The summed E-state index contributed by atoms with van der Waals surface area (Å²) in [6, 6.07) is 3.90. The van der Waals surface area contributed by atoms with Crippen molar-refractivity contribution >= 4 is 34.2 Å². The summed E-state index contributed by atoms with van der Waals surface area (Å²) >= 11 is 12.1. The maximum absolute atomic E-state index is 6.37. The predicted octanol–water partition coefficient (Wildman–Crippen LogP) is 3.71. The number of nitrogens with zero attached hydrogens (tertiary/aromatic N) is 1. The summed E-state index contributed by atoms with van der Waals surface area (Å²) < 4.78 is 0. The van der Waals surface area contributed by atoms with E-state index in [0.717, 1.165) is 16.9 Å². The number of hydrogen-bond acceptors (Lipinski definition) is 2. The molecule has 3 nitrogen and oxygen atoms in total. The average molecular weight is 296 g/mol. The highest BCUT2D eigenvalue weighted by Crippen LogP contribution is 2.51. The van der Waals surface area contributed by atoms with Gasteiger partial charge in [0.2, 0.25) is 0 Å². The highest BCUT2D eigenvalue weighted by Gasteiger charge is 2.47. The molecule has 3 N–H and O–H groups in total. The van der Waals surface area contributed by atoms with Crippen molar-refractivity contribution in [3.05, 3.63) is 28.0 Å². The van der Waals surface area contributed by atoms with Gasteiger partial charge >= 0.3 is 0 Å². The van der Waals surface area contributed by atoms with Crippen LogP contribution in [0.1, 0.15) is 31.0 Å². The number of imidazole rings is 1. The first-order valence-corrected chi connectivity index (χ1v) is 7.49. The summed E-state index contributed by atoms with van der Waals surface area (Å²) in [4.78, 5) is 8.07. The van der Waals surface area contributed by atoms with Gasteiger partial charge in [-0.3, -0.25) is 0 Å². The van der Waals surface area contributed by atoms with E-state index < -0.39 is 0 Å². The van der Waals surface area contributed by atoms with E-state index >= 15 is 0 Å². The van der Waals surface area contributed by atoms with E-state index in [9.17, 15) is 0 Å². The second-order valence-corrected chi connectivity index (χ2v) is 6.66. The molecule has 2 aliphatic carbocycles. The van der Waals surface area contributed by atoms with Gasteiger partial charge in [-0.15, -0.1) is 0 Å². The number of H-pyrrole nitrogens is 1. The number of aromatic amines is 1. The van der Waals surface area contributed by atoms with E-state index in [2.05, 4.69) is 9.97 Å². The molecule has 4 rings (SSSR count). The molecular formula is C14H15Cl2N3. The molecule has 2 saturated carbocycles. The van der Waals surface area contributed by atoms with Crippen LogP contribution in [-0.2, 0) is 0 Å². The number of rotatable bonds is 1. The summed E-state index contributed by atoms with van der Waals surface area (Å²) in [5.41, 5.74) is 8.18. The topological polar surface area (TPSA) is 54.7 Å². The van der Waals surface area contributed by atoms with E-state index in [4.69, 9.17) is 28.9 Å². The fraction of sp³-hybridized carbons (Fsp3) is 0.500. The van der Waals surface area contributed by atoms with Crippen molar-refractivity contribution in [3.63, 3.8) is 0 Å². The molecular weight excluding hydrogens is 281 g/mol. The van der Waals surface area contributed by atoms with Crippen LogP contribution in [0.25, 0.3) is 11.0 Å². The monoisotopic (exact) mass is 295 g/mol. The van der Waals surface area contributed by atoms with Gasteiger partial charge in [-0.1, -0.05) is 23.2 Å². The summed E-state index contributed by atoms with van der Waals surface area (Å²) in [7, 11) is 0. The molecule has 19 heavy (non-hydrogen) atoms. The van der Waals surface area contributed by atoms with Gasteiger partial charge in [-0.05, 0) is 43.2 Å². The standard InChI is InChI=1S/C14H15Cl2N3/c15-8-4-10-11(5-9(8)16)19-14(18-10)12-6-1-2-7(3-6)13(12)17/h4-7,12-13H,1-3,17H2,(H,18,19). The van der Waals surface area contributed by atoms with E-state index in [1.807, 2.05) is 12.1 Å². The van der Waals surface area contributed by atoms with Gasteiger partial charge in [0.15, 0.2) is 0 Å². The third kappa shape index (κ3) is 1.72. The zero-order chi connectivity index (χ0) is 13.1. The molecule has 4 atom stereocenters. The SMILES string of the molecule is NC1C2CCC(C2)C1c1nc2cc(Cl)c(Cl)cc2[nH]1. The van der Waals surface area contributed by atoms with Crippen LogP contribution in [0.4, 0.5) is 0 Å². The van der Waals surface area contributed by atoms with Gasteiger partial charge in [0.05, 0.1) is 21.1 Å². The van der Waals surface area contributed by atoms with Crippen LogP contribution in [-0.4, -0.2) is 16.0 Å². The number of aromatic nitrogens is 2. The van der Waals surface area contributed by atoms with Crippen molar-refractivity contribution in [3.8, 4) is 0 Å². The number of nitrogens with two attached hydrogens (primary N) is 1. The average Bonchev–Trinajstić information content (AvgIpc) is 3.03. The van der Waals surface area contributed by atoms with Gasteiger partial charge in [-0.25, -0.2) is 4.98 Å². The maximum Gasteiger partial charge on any atom is 0.112 e. The van der Waals surface area contributed by atoms with Crippen LogP contribution in [0.3, 0.4) is 0 Å². The lowest BCUT2D eigenvalue weighted by Crippen LogP contribution is -2.34. The van der Waals surface area contributed by atoms with Gasteiger partial charge in [-0.2, -0.15) is 0 Å².